The van der Waals surface area contributed by atoms with Crippen molar-refractivity contribution < 1.29 is 14.3 Å². The molecule has 0 unspecified atom stereocenters. The van der Waals surface area contributed by atoms with Crippen molar-refractivity contribution in [2.45, 2.75) is 25.7 Å². The molecule has 0 amide bonds. The van der Waals surface area contributed by atoms with Crippen molar-refractivity contribution in [2.75, 3.05) is 0 Å². The van der Waals surface area contributed by atoms with Crippen molar-refractivity contribution in [3.05, 3.63) is 71.8 Å². The van der Waals surface area contributed by atoms with E-state index in [1.807, 2.05) is 60.7 Å². The topological polar surface area (TPSA) is 43.4 Å². The molecule has 0 saturated heterocycles. The second kappa shape index (κ2) is 7.39. The van der Waals surface area contributed by atoms with E-state index in [0.29, 0.717) is 0 Å². The van der Waals surface area contributed by atoms with Gasteiger partial charge in [-0.1, -0.05) is 67.6 Å². The van der Waals surface area contributed by atoms with Gasteiger partial charge in [0.25, 0.3) is 0 Å². The minimum atomic E-state index is -0.487. The lowest BCUT2D eigenvalue weighted by atomic mass is 9.89. The summed E-state index contributed by atoms with van der Waals surface area (Å²) in [6.45, 7) is 1.67. The van der Waals surface area contributed by atoms with Gasteiger partial charge in [0.2, 0.25) is 0 Å². The summed E-state index contributed by atoms with van der Waals surface area (Å²) >= 11 is 0. The smallest absolute Gasteiger partial charge is 0.314 e. The molecule has 0 aliphatic rings. The highest BCUT2D eigenvalue weighted by Crippen LogP contribution is 2.28. The minimum Gasteiger partial charge on any atom is -0.393 e. The minimum absolute atomic E-state index is 0.107. The first kappa shape index (κ1) is 15.0. The van der Waals surface area contributed by atoms with Crippen molar-refractivity contribution in [3.8, 4) is 0 Å². The van der Waals surface area contributed by atoms with Crippen LogP contribution in [-0.2, 0) is 14.3 Å². The lowest BCUT2D eigenvalue weighted by molar-refractivity contribution is -0.159. The zero-order valence-electron chi connectivity index (χ0n) is 12.0. The first-order chi connectivity index (χ1) is 10.2. The lowest BCUT2D eigenvalue weighted by Crippen LogP contribution is -2.15. The normalized spacial score (nSPS) is 10.4. The molecule has 0 fully saturated rings. The molecule has 0 aliphatic carbocycles. The molecule has 2 rings (SSSR count). The molecule has 21 heavy (non-hydrogen) atoms. The van der Waals surface area contributed by atoms with Crippen LogP contribution in [0.1, 0.15) is 36.8 Å². The summed E-state index contributed by atoms with van der Waals surface area (Å²) in [5.74, 6) is -1.08. The van der Waals surface area contributed by atoms with E-state index in [0.717, 1.165) is 11.1 Å². The van der Waals surface area contributed by atoms with E-state index in [9.17, 15) is 9.59 Å². The van der Waals surface area contributed by atoms with Crippen molar-refractivity contribution in [1.82, 2.24) is 0 Å². The quantitative estimate of drug-likeness (QED) is 0.620. The Labute approximate surface area is 124 Å². The van der Waals surface area contributed by atoms with Gasteiger partial charge in [0.05, 0.1) is 6.42 Å². The molecular weight excluding hydrogens is 264 g/mol. The number of ether oxygens (including phenoxy) is 1. The number of hydrogen-bond acceptors (Lipinski definition) is 3. The SMILES string of the molecule is CCC(=O)OC(=O)CC(c1ccccc1)c1ccccc1. The Kier molecular flexibility index (Phi) is 5.27. The molecule has 0 atom stereocenters. The van der Waals surface area contributed by atoms with Crippen LogP contribution in [0.2, 0.25) is 0 Å². The molecule has 2 aromatic carbocycles. The molecular formula is C18H18O3. The molecule has 0 radical (unpaired) electrons. The fourth-order valence-electron chi connectivity index (χ4n) is 2.21. The maximum atomic E-state index is 11.9. The molecule has 0 saturated carbocycles. The van der Waals surface area contributed by atoms with Crippen LogP contribution < -0.4 is 0 Å². The van der Waals surface area contributed by atoms with Crippen LogP contribution in [0.15, 0.2) is 60.7 Å². The number of rotatable bonds is 5. The molecule has 0 aromatic heterocycles. The summed E-state index contributed by atoms with van der Waals surface area (Å²) in [6, 6.07) is 19.5. The summed E-state index contributed by atoms with van der Waals surface area (Å²) in [5.41, 5.74) is 2.06. The van der Waals surface area contributed by atoms with E-state index in [1.165, 1.54) is 0 Å². The fraction of sp³-hybridized carbons (Fsp3) is 0.222. The van der Waals surface area contributed by atoms with Gasteiger partial charge in [-0.25, -0.2) is 0 Å². The highest BCUT2D eigenvalue weighted by Gasteiger charge is 2.20. The van der Waals surface area contributed by atoms with Gasteiger partial charge in [-0.3, -0.25) is 9.59 Å². The monoisotopic (exact) mass is 282 g/mol. The Morgan fingerprint density at radius 2 is 1.33 bits per heavy atom. The molecule has 2 aromatic rings. The molecule has 0 heterocycles. The van der Waals surface area contributed by atoms with E-state index >= 15 is 0 Å². The maximum absolute atomic E-state index is 11.9. The lowest BCUT2D eigenvalue weighted by Gasteiger charge is -2.17. The highest BCUT2D eigenvalue weighted by molar-refractivity contribution is 5.85. The van der Waals surface area contributed by atoms with Gasteiger partial charge >= 0.3 is 11.9 Å². The Morgan fingerprint density at radius 3 is 1.76 bits per heavy atom. The van der Waals surface area contributed by atoms with Gasteiger partial charge in [0, 0.05) is 12.3 Å². The number of benzene rings is 2. The average molecular weight is 282 g/mol. The fourth-order valence-corrected chi connectivity index (χ4v) is 2.21. The third-order valence-corrected chi connectivity index (χ3v) is 3.29. The predicted octanol–water partition coefficient (Wildman–Crippen LogP) is 3.69. The van der Waals surface area contributed by atoms with Gasteiger partial charge in [-0.15, -0.1) is 0 Å². The largest absolute Gasteiger partial charge is 0.393 e. The summed E-state index contributed by atoms with van der Waals surface area (Å²) in [6.07, 6.45) is 0.354. The van der Waals surface area contributed by atoms with Gasteiger partial charge in [0.15, 0.2) is 0 Å². The number of carbonyl (C=O) groups is 2. The van der Waals surface area contributed by atoms with Crippen LogP contribution in [0.25, 0.3) is 0 Å². The molecule has 3 nitrogen and oxygen atoms in total. The van der Waals surface area contributed by atoms with Crippen LogP contribution in [0, 0.1) is 0 Å². The number of hydrogen-bond donors (Lipinski definition) is 0. The Balaban J connectivity index is 2.21. The highest BCUT2D eigenvalue weighted by atomic mass is 16.6. The van der Waals surface area contributed by atoms with Gasteiger partial charge in [0.1, 0.15) is 0 Å². The van der Waals surface area contributed by atoms with Gasteiger partial charge in [-0.2, -0.15) is 0 Å². The zero-order chi connectivity index (χ0) is 15.1. The van der Waals surface area contributed by atoms with E-state index < -0.39 is 11.9 Å². The first-order valence-corrected chi connectivity index (χ1v) is 7.04. The van der Waals surface area contributed by atoms with Crippen molar-refractivity contribution >= 4 is 11.9 Å². The Morgan fingerprint density at radius 1 is 0.857 bits per heavy atom. The third kappa shape index (κ3) is 4.28. The second-order valence-electron chi connectivity index (χ2n) is 4.78. The van der Waals surface area contributed by atoms with Crippen LogP contribution in [-0.4, -0.2) is 11.9 Å². The Hall–Kier alpha value is -2.42. The number of carbonyl (C=O) groups excluding carboxylic acids is 2. The van der Waals surface area contributed by atoms with E-state index in [1.54, 1.807) is 6.92 Å². The summed E-state index contributed by atoms with van der Waals surface area (Å²) < 4.78 is 4.80. The maximum Gasteiger partial charge on any atom is 0.314 e. The van der Waals surface area contributed by atoms with Crippen LogP contribution >= 0.6 is 0 Å². The molecule has 3 heteroatoms. The zero-order valence-corrected chi connectivity index (χ0v) is 12.0. The molecule has 0 N–H and O–H groups in total. The van der Waals surface area contributed by atoms with Crippen molar-refractivity contribution in [3.63, 3.8) is 0 Å². The predicted molar refractivity (Wildman–Crippen MR) is 80.7 cm³/mol. The average Bonchev–Trinajstić information content (AvgIpc) is 2.54. The Bertz CT molecular complexity index is 551. The molecule has 0 spiro atoms. The van der Waals surface area contributed by atoms with E-state index in [-0.39, 0.29) is 18.8 Å². The molecule has 0 aliphatic heterocycles. The summed E-state index contributed by atoms with van der Waals surface area (Å²) in [4.78, 5) is 23.2. The summed E-state index contributed by atoms with van der Waals surface area (Å²) in [5, 5.41) is 0. The molecule has 108 valence electrons. The van der Waals surface area contributed by atoms with E-state index in [2.05, 4.69) is 0 Å². The van der Waals surface area contributed by atoms with Crippen LogP contribution in [0.3, 0.4) is 0 Å². The van der Waals surface area contributed by atoms with Gasteiger partial charge < -0.3 is 4.74 Å². The molecule has 0 bridgehead atoms. The first-order valence-electron chi connectivity index (χ1n) is 7.04. The van der Waals surface area contributed by atoms with Gasteiger partial charge in [-0.05, 0) is 11.1 Å². The third-order valence-electron chi connectivity index (χ3n) is 3.29. The number of esters is 2. The van der Waals surface area contributed by atoms with E-state index in [4.69, 9.17) is 4.74 Å². The standard InChI is InChI=1S/C18H18O3/c1-2-17(19)21-18(20)13-16(14-9-5-3-6-10-14)15-11-7-4-8-12-15/h3-12,16H,2,13H2,1H3. The van der Waals surface area contributed by atoms with Crippen LogP contribution in [0.5, 0.6) is 0 Å². The second-order valence-corrected chi connectivity index (χ2v) is 4.78. The van der Waals surface area contributed by atoms with Crippen molar-refractivity contribution in [1.29, 1.82) is 0 Å². The summed E-state index contributed by atoms with van der Waals surface area (Å²) in [7, 11) is 0. The van der Waals surface area contributed by atoms with Crippen LogP contribution in [0.4, 0.5) is 0 Å². The van der Waals surface area contributed by atoms with Crippen molar-refractivity contribution in [2.24, 2.45) is 0 Å².